The number of likely N-dealkylation sites (tertiary alicyclic amines) is 1. The summed E-state index contributed by atoms with van der Waals surface area (Å²) >= 11 is 0. The van der Waals surface area contributed by atoms with Crippen LogP contribution in [0.2, 0.25) is 0 Å². The van der Waals surface area contributed by atoms with Crippen LogP contribution in [0.1, 0.15) is 19.3 Å². The topological polar surface area (TPSA) is 67.9 Å². The number of nitrogens with one attached hydrogen (secondary N) is 1. The molecule has 2 heterocycles. The first-order valence-corrected chi connectivity index (χ1v) is 6.87. The number of hydrogen-bond acceptors (Lipinski definition) is 5. The van der Waals surface area contributed by atoms with Gasteiger partial charge in [-0.05, 0) is 18.8 Å². The third-order valence-corrected chi connectivity index (χ3v) is 3.83. The number of nitrogens with zero attached hydrogens (tertiary/aromatic N) is 1. The molecule has 2 aliphatic rings. The van der Waals surface area contributed by atoms with E-state index in [4.69, 9.17) is 4.74 Å². The molecule has 19 heavy (non-hydrogen) atoms. The Labute approximate surface area is 113 Å². The van der Waals surface area contributed by atoms with Gasteiger partial charge < -0.3 is 19.7 Å². The molecule has 1 atom stereocenters. The molecule has 0 saturated carbocycles. The van der Waals surface area contributed by atoms with Crippen molar-refractivity contribution in [2.45, 2.75) is 25.3 Å². The van der Waals surface area contributed by atoms with Crippen molar-refractivity contribution in [3.63, 3.8) is 0 Å². The molecule has 2 saturated heterocycles. The Balaban J connectivity index is 1.76. The van der Waals surface area contributed by atoms with Crippen molar-refractivity contribution in [1.29, 1.82) is 0 Å². The highest BCUT2D eigenvalue weighted by atomic mass is 16.5. The van der Waals surface area contributed by atoms with Gasteiger partial charge in [0.1, 0.15) is 6.04 Å². The molecule has 0 aliphatic carbocycles. The van der Waals surface area contributed by atoms with Crippen LogP contribution in [0.5, 0.6) is 0 Å². The van der Waals surface area contributed by atoms with Gasteiger partial charge in [0, 0.05) is 26.1 Å². The maximum Gasteiger partial charge on any atom is 0.305 e. The fourth-order valence-corrected chi connectivity index (χ4v) is 2.62. The summed E-state index contributed by atoms with van der Waals surface area (Å²) in [7, 11) is 1.41. The lowest BCUT2D eigenvalue weighted by atomic mass is 9.93. The maximum atomic E-state index is 12.2. The summed E-state index contributed by atoms with van der Waals surface area (Å²) in [5, 5.41) is 3.18. The minimum Gasteiger partial charge on any atom is -0.469 e. The van der Waals surface area contributed by atoms with Gasteiger partial charge in [-0.1, -0.05) is 0 Å². The molecule has 2 fully saturated rings. The lowest BCUT2D eigenvalue weighted by Crippen LogP contribution is -2.54. The number of carbonyl (C=O) groups excluding carboxylic acids is 2. The predicted molar refractivity (Wildman–Crippen MR) is 68.5 cm³/mol. The predicted octanol–water partition coefficient (Wildman–Crippen LogP) is -0.223. The van der Waals surface area contributed by atoms with E-state index < -0.39 is 0 Å². The maximum absolute atomic E-state index is 12.2. The van der Waals surface area contributed by atoms with Crippen LogP contribution in [0, 0.1) is 5.92 Å². The van der Waals surface area contributed by atoms with E-state index in [2.05, 4.69) is 10.1 Å². The molecule has 1 amide bonds. The monoisotopic (exact) mass is 270 g/mol. The van der Waals surface area contributed by atoms with E-state index in [0.29, 0.717) is 25.6 Å². The number of piperidine rings is 1. The standard InChI is InChI=1S/C13H22N2O4/c1-18-12(16)8-10-2-5-15(6-3-10)13(17)11-9-19-7-4-14-11/h10-11,14H,2-9H2,1H3/t11-/m0/s1. The number of amides is 1. The van der Waals surface area contributed by atoms with Crippen molar-refractivity contribution in [2.24, 2.45) is 5.92 Å². The van der Waals surface area contributed by atoms with Crippen molar-refractivity contribution in [2.75, 3.05) is 40.0 Å². The van der Waals surface area contributed by atoms with E-state index in [1.807, 2.05) is 4.90 Å². The number of hydrogen-bond donors (Lipinski definition) is 1. The highest BCUT2D eigenvalue weighted by Crippen LogP contribution is 2.21. The van der Waals surface area contributed by atoms with E-state index >= 15 is 0 Å². The Morgan fingerprint density at radius 3 is 2.68 bits per heavy atom. The largest absolute Gasteiger partial charge is 0.469 e. The van der Waals surface area contributed by atoms with Gasteiger partial charge in [0.05, 0.1) is 20.3 Å². The third-order valence-electron chi connectivity index (χ3n) is 3.83. The fraction of sp³-hybridized carbons (Fsp3) is 0.846. The van der Waals surface area contributed by atoms with E-state index in [1.165, 1.54) is 7.11 Å². The van der Waals surface area contributed by atoms with E-state index in [0.717, 1.165) is 32.5 Å². The summed E-state index contributed by atoms with van der Waals surface area (Å²) < 4.78 is 9.99. The van der Waals surface area contributed by atoms with Crippen molar-refractivity contribution < 1.29 is 19.1 Å². The molecule has 0 spiro atoms. The molecule has 6 heteroatoms. The number of carbonyl (C=O) groups is 2. The van der Waals surface area contributed by atoms with Crippen LogP contribution >= 0.6 is 0 Å². The summed E-state index contributed by atoms with van der Waals surface area (Å²) in [4.78, 5) is 25.3. The minimum atomic E-state index is -0.203. The zero-order valence-electron chi connectivity index (χ0n) is 11.4. The van der Waals surface area contributed by atoms with Crippen LogP contribution < -0.4 is 5.32 Å². The first-order chi connectivity index (χ1) is 9.20. The second-order valence-electron chi connectivity index (χ2n) is 5.13. The minimum absolute atomic E-state index is 0.121. The van der Waals surface area contributed by atoms with Crippen LogP contribution in [0.4, 0.5) is 0 Å². The van der Waals surface area contributed by atoms with E-state index in [9.17, 15) is 9.59 Å². The second-order valence-corrected chi connectivity index (χ2v) is 5.13. The summed E-state index contributed by atoms with van der Waals surface area (Å²) in [5.41, 5.74) is 0. The Hall–Kier alpha value is -1.14. The quantitative estimate of drug-likeness (QED) is 0.718. The van der Waals surface area contributed by atoms with Crippen molar-refractivity contribution in [3.8, 4) is 0 Å². The van der Waals surface area contributed by atoms with Gasteiger partial charge in [-0.3, -0.25) is 9.59 Å². The number of rotatable bonds is 3. The zero-order valence-corrected chi connectivity index (χ0v) is 11.4. The fourth-order valence-electron chi connectivity index (χ4n) is 2.62. The molecule has 0 aromatic rings. The smallest absolute Gasteiger partial charge is 0.305 e. The molecule has 2 aliphatic heterocycles. The molecular weight excluding hydrogens is 248 g/mol. The van der Waals surface area contributed by atoms with Crippen molar-refractivity contribution in [3.05, 3.63) is 0 Å². The average Bonchev–Trinajstić information content (AvgIpc) is 2.48. The van der Waals surface area contributed by atoms with Gasteiger partial charge in [-0.25, -0.2) is 0 Å². The Bertz CT molecular complexity index is 321. The molecule has 0 aromatic heterocycles. The van der Waals surface area contributed by atoms with Gasteiger partial charge in [-0.15, -0.1) is 0 Å². The lowest BCUT2D eigenvalue weighted by molar-refractivity contribution is -0.142. The van der Waals surface area contributed by atoms with Crippen LogP contribution in [0.25, 0.3) is 0 Å². The highest BCUT2D eigenvalue weighted by Gasteiger charge is 2.30. The summed E-state index contributed by atoms with van der Waals surface area (Å²) in [6, 6.07) is -0.203. The van der Waals surface area contributed by atoms with Crippen LogP contribution in [-0.4, -0.2) is 62.8 Å². The highest BCUT2D eigenvalue weighted by molar-refractivity contribution is 5.82. The number of esters is 1. The number of morpholine rings is 1. The first kappa shape index (κ1) is 14.3. The van der Waals surface area contributed by atoms with Gasteiger partial charge >= 0.3 is 5.97 Å². The van der Waals surface area contributed by atoms with Gasteiger partial charge in [0.25, 0.3) is 0 Å². The third kappa shape index (κ3) is 3.91. The Morgan fingerprint density at radius 1 is 1.37 bits per heavy atom. The molecule has 0 unspecified atom stereocenters. The zero-order chi connectivity index (χ0) is 13.7. The van der Waals surface area contributed by atoms with Gasteiger partial charge in [0.2, 0.25) is 5.91 Å². The normalized spacial score (nSPS) is 25.1. The second kappa shape index (κ2) is 6.86. The molecule has 0 aromatic carbocycles. The molecule has 0 bridgehead atoms. The van der Waals surface area contributed by atoms with Crippen molar-refractivity contribution >= 4 is 11.9 Å². The lowest BCUT2D eigenvalue weighted by Gasteiger charge is -2.35. The molecule has 2 rings (SSSR count). The summed E-state index contributed by atoms with van der Waals surface area (Å²) in [6.45, 7) is 3.30. The SMILES string of the molecule is COC(=O)CC1CCN(C(=O)[C@@H]2COCCN2)CC1. The van der Waals surface area contributed by atoms with Crippen LogP contribution in [-0.2, 0) is 19.1 Å². The Morgan fingerprint density at radius 2 is 2.11 bits per heavy atom. The number of ether oxygens (including phenoxy) is 2. The molecular formula is C13H22N2O4. The van der Waals surface area contributed by atoms with Gasteiger partial charge in [-0.2, -0.15) is 0 Å². The number of methoxy groups -OCH3 is 1. The molecule has 1 N–H and O–H groups in total. The molecule has 6 nitrogen and oxygen atoms in total. The van der Waals surface area contributed by atoms with Gasteiger partial charge in [0.15, 0.2) is 0 Å². The van der Waals surface area contributed by atoms with E-state index in [-0.39, 0.29) is 17.9 Å². The Kier molecular flexibility index (Phi) is 5.15. The molecule has 108 valence electrons. The van der Waals surface area contributed by atoms with E-state index in [1.54, 1.807) is 0 Å². The van der Waals surface area contributed by atoms with Crippen molar-refractivity contribution in [1.82, 2.24) is 10.2 Å². The summed E-state index contributed by atoms with van der Waals surface area (Å²) in [6.07, 6.45) is 2.20. The summed E-state index contributed by atoms with van der Waals surface area (Å²) in [5.74, 6) is 0.301. The van der Waals surface area contributed by atoms with Crippen LogP contribution in [0.15, 0.2) is 0 Å². The van der Waals surface area contributed by atoms with Crippen LogP contribution in [0.3, 0.4) is 0 Å². The molecule has 0 radical (unpaired) electrons. The average molecular weight is 270 g/mol. The first-order valence-electron chi connectivity index (χ1n) is 6.87.